The zero-order valence-corrected chi connectivity index (χ0v) is 17.0. The van der Waals surface area contributed by atoms with E-state index in [4.69, 9.17) is 15.9 Å². The standard InChI is InChI=1S/C24H22N2O5/c1-3-24-13-19(23(29)30-2)26(20(24)14-24)21(27)15-25-22(28)16-9-11-18(12-10-16)31-17-7-5-4-6-8-17/h1,4-12,19-20H,13-15H2,2H3,(H,25,28)/t19-,20?,24-/m0/s1. The number of carbonyl (C=O) groups is 3. The number of esters is 1. The van der Waals surface area contributed by atoms with Gasteiger partial charge in [0, 0.05) is 5.56 Å². The Bertz CT molecular complexity index is 1040. The molecule has 3 atom stereocenters. The van der Waals surface area contributed by atoms with Crippen LogP contribution in [0.2, 0.25) is 0 Å². The lowest BCUT2D eigenvalue weighted by atomic mass is 10.0. The van der Waals surface area contributed by atoms with Gasteiger partial charge in [-0.25, -0.2) is 4.79 Å². The van der Waals surface area contributed by atoms with E-state index in [9.17, 15) is 14.4 Å². The van der Waals surface area contributed by atoms with E-state index in [1.807, 2.05) is 30.3 Å². The van der Waals surface area contributed by atoms with Crippen LogP contribution in [0.25, 0.3) is 0 Å². The molecule has 4 rings (SSSR count). The summed E-state index contributed by atoms with van der Waals surface area (Å²) in [7, 11) is 1.28. The summed E-state index contributed by atoms with van der Waals surface area (Å²) in [6.45, 7) is -0.230. The van der Waals surface area contributed by atoms with Crippen molar-refractivity contribution in [3.05, 3.63) is 60.2 Å². The molecule has 1 N–H and O–H groups in total. The topological polar surface area (TPSA) is 84.9 Å². The summed E-state index contributed by atoms with van der Waals surface area (Å²) in [5.41, 5.74) is -0.0591. The number of carbonyl (C=O) groups excluding carboxylic acids is 3. The third-order valence-corrected chi connectivity index (χ3v) is 5.81. The van der Waals surface area contributed by atoms with Gasteiger partial charge in [0.15, 0.2) is 0 Å². The summed E-state index contributed by atoms with van der Waals surface area (Å²) in [4.78, 5) is 38.8. The molecule has 1 heterocycles. The van der Waals surface area contributed by atoms with Crippen molar-refractivity contribution in [3.63, 3.8) is 0 Å². The first-order valence-electron chi connectivity index (χ1n) is 9.95. The van der Waals surface area contributed by atoms with Crippen LogP contribution >= 0.6 is 0 Å². The van der Waals surface area contributed by atoms with Crippen LogP contribution in [0.5, 0.6) is 11.5 Å². The number of methoxy groups -OCH3 is 1. The molecule has 0 radical (unpaired) electrons. The molecule has 1 saturated heterocycles. The smallest absolute Gasteiger partial charge is 0.328 e. The number of nitrogens with zero attached hydrogens (tertiary/aromatic N) is 1. The molecule has 0 bridgehead atoms. The Balaban J connectivity index is 1.35. The van der Waals surface area contributed by atoms with E-state index in [-0.39, 0.29) is 18.5 Å². The zero-order chi connectivity index (χ0) is 22.0. The number of rotatable bonds is 6. The van der Waals surface area contributed by atoms with Crippen LogP contribution in [0, 0.1) is 17.8 Å². The Hall–Kier alpha value is -3.79. The fraction of sp³-hybridized carbons (Fsp3) is 0.292. The van der Waals surface area contributed by atoms with E-state index in [1.165, 1.54) is 12.0 Å². The predicted octanol–water partition coefficient (Wildman–Crippen LogP) is 2.37. The summed E-state index contributed by atoms with van der Waals surface area (Å²) in [5, 5.41) is 2.62. The van der Waals surface area contributed by atoms with Gasteiger partial charge in [0.05, 0.1) is 25.1 Å². The lowest BCUT2D eigenvalue weighted by Crippen LogP contribution is -2.47. The fourth-order valence-corrected chi connectivity index (χ4v) is 4.07. The quantitative estimate of drug-likeness (QED) is 0.575. The number of nitrogens with one attached hydrogen (secondary N) is 1. The van der Waals surface area contributed by atoms with Gasteiger partial charge in [0.1, 0.15) is 17.5 Å². The number of piperidine rings is 1. The minimum absolute atomic E-state index is 0.180. The van der Waals surface area contributed by atoms with Crippen molar-refractivity contribution in [2.24, 2.45) is 5.41 Å². The maximum Gasteiger partial charge on any atom is 0.328 e. The second kappa shape index (κ2) is 8.15. The molecule has 1 unspecified atom stereocenters. The molecule has 31 heavy (non-hydrogen) atoms. The van der Waals surface area contributed by atoms with E-state index in [0.717, 1.165) is 0 Å². The van der Waals surface area contributed by atoms with E-state index in [1.54, 1.807) is 24.3 Å². The van der Waals surface area contributed by atoms with Gasteiger partial charge in [-0.15, -0.1) is 6.42 Å². The zero-order valence-electron chi connectivity index (χ0n) is 17.0. The van der Waals surface area contributed by atoms with Crippen molar-refractivity contribution in [3.8, 4) is 23.8 Å². The number of hydrogen-bond acceptors (Lipinski definition) is 5. The Morgan fingerprint density at radius 2 is 1.77 bits per heavy atom. The molecule has 0 aromatic heterocycles. The van der Waals surface area contributed by atoms with Crippen molar-refractivity contribution in [2.45, 2.75) is 24.9 Å². The Morgan fingerprint density at radius 1 is 1.10 bits per heavy atom. The number of amides is 2. The molecule has 7 heteroatoms. The van der Waals surface area contributed by atoms with E-state index in [2.05, 4.69) is 11.2 Å². The average Bonchev–Trinajstić information content (AvgIpc) is 3.42. The van der Waals surface area contributed by atoms with Gasteiger partial charge in [0.25, 0.3) is 5.91 Å². The lowest BCUT2D eigenvalue weighted by molar-refractivity contribution is -0.151. The van der Waals surface area contributed by atoms with E-state index < -0.39 is 23.3 Å². The first-order chi connectivity index (χ1) is 15.0. The summed E-state index contributed by atoms with van der Waals surface area (Å²) >= 11 is 0. The molecular formula is C24H22N2O5. The van der Waals surface area contributed by atoms with Crippen molar-refractivity contribution in [2.75, 3.05) is 13.7 Å². The second-order valence-corrected chi connectivity index (χ2v) is 7.69. The fourth-order valence-electron chi connectivity index (χ4n) is 4.07. The number of likely N-dealkylation sites (tertiary alicyclic amines) is 1. The van der Waals surface area contributed by atoms with Gasteiger partial charge in [0.2, 0.25) is 5.91 Å². The lowest BCUT2D eigenvalue weighted by Gasteiger charge is -2.25. The predicted molar refractivity (Wildman–Crippen MR) is 112 cm³/mol. The second-order valence-electron chi connectivity index (χ2n) is 7.69. The molecule has 1 saturated carbocycles. The van der Waals surface area contributed by atoms with Crippen molar-refractivity contribution in [1.82, 2.24) is 10.2 Å². The van der Waals surface area contributed by atoms with Crippen molar-refractivity contribution >= 4 is 17.8 Å². The largest absolute Gasteiger partial charge is 0.467 e. The molecule has 1 aliphatic carbocycles. The Kier molecular flexibility index (Phi) is 5.38. The third kappa shape index (κ3) is 3.97. The maximum atomic E-state index is 12.8. The SMILES string of the molecule is C#C[C@]12CC1N(C(=O)CNC(=O)c1ccc(Oc3ccccc3)cc1)[C@H](C(=O)OC)C2. The highest BCUT2D eigenvalue weighted by Gasteiger charge is 2.67. The van der Waals surface area contributed by atoms with Crippen LogP contribution < -0.4 is 10.1 Å². The molecule has 2 aromatic carbocycles. The highest BCUT2D eigenvalue weighted by atomic mass is 16.5. The number of benzene rings is 2. The monoisotopic (exact) mass is 418 g/mol. The van der Waals surface area contributed by atoms with Crippen LogP contribution in [0.4, 0.5) is 0 Å². The average molecular weight is 418 g/mol. The number of para-hydroxylation sites is 1. The van der Waals surface area contributed by atoms with Crippen LogP contribution in [0.1, 0.15) is 23.2 Å². The third-order valence-electron chi connectivity index (χ3n) is 5.81. The Morgan fingerprint density at radius 3 is 2.42 bits per heavy atom. The first kappa shape index (κ1) is 20.5. The molecule has 2 aromatic rings. The molecular weight excluding hydrogens is 396 g/mol. The van der Waals surface area contributed by atoms with Crippen LogP contribution in [-0.2, 0) is 14.3 Å². The van der Waals surface area contributed by atoms with Crippen molar-refractivity contribution < 1.29 is 23.9 Å². The maximum absolute atomic E-state index is 12.8. The highest BCUT2D eigenvalue weighted by Crippen LogP contribution is 2.59. The summed E-state index contributed by atoms with van der Waals surface area (Å²) in [5.74, 6) is 2.77. The minimum Gasteiger partial charge on any atom is -0.467 e. The van der Waals surface area contributed by atoms with Gasteiger partial charge in [-0.05, 0) is 49.2 Å². The van der Waals surface area contributed by atoms with Gasteiger partial charge >= 0.3 is 5.97 Å². The summed E-state index contributed by atoms with van der Waals surface area (Å²) < 4.78 is 10.5. The molecule has 1 aliphatic heterocycles. The molecule has 0 spiro atoms. The number of hydrogen-bond donors (Lipinski definition) is 1. The van der Waals surface area contributed by atoms with Crippen LogP contribution in [0.15, 0.2) is 54.6 Å². The van der Waals surface area contributed by atoms with Gasteiger partial charge < -0.3 is 19.7 Å². The number of fused-ring (bicyclic) bond motifs is 1. The van der Waals surface area contributed by atoms with E-state index >= 15 is 0 Å². The normalized spacial score (nSPS) is 23.3. The van der Waals surface area contributed by atoms with E-state index in [0.29, 0.717) is 29.9 Å². The first-order valence-corrected chi connectivity index (χ1v) is 9.95. The van der Waals surface area contributed by atoms with Crippen LogP contribution in [-0.4, -0.2) is 48.4 Å². The number of terminal acetylenes is 1. The molecule has 7 nitrogen and oxygen atoms in total. The summed E-state index contributed by atoms with van der Waals surface area (Å²) in [6.07, 6.45) is 6.67. The number of ether oxygens (including phenoxy) is 2. The molecule has 2 aliphatic rings. The van der Waals surface area contributed by atoms with Gasteiger partial charge in [-0.1, -0.05) is 24.1 Å². The molecule has 2 amide bonds. The van der Waals surface area contributed by atoms with Crippen molar-refractivity contribution in [1.29, 1.82) is 0 Å². The summed E-state index contributed by atoms with van der Waals surface area (Å²) in [6, 6.07) is 15.0. The molecule has 158 valence electrons. The molecule has 2 fully saturated rings. The van der Waals surface area contributed by atoms with Gasteiger partial charge in [-0.2, -0.15) is 0 Å². The van der Waals surface area contributed by atoms with Crippen LogP contribution in [0.3, 0.4) is 0 Å². The van der Waals surface area contributed by atoms with Gasteiger partial charge in [-0.3, -0.25) is 9.59 Å². The Labute approximate surface area is 180 Å². The highest BCUT2D eigenvalue weighted by molar-refractivity contribution is 5.97. The minimum atomic E-state index is -0.710.